The first-order valence-corrected chi connectivity index (χ1v) is 4.78. The molecule has 5 heteroatoms. The zero-order valence-electron chi connectivity index (χ0n) is 8.13. The molecule has 0 aromatic rings. The molecule has 3 unspecified atom stereocenters. The Morgan fingerprint density at radius 1 is 1.50 bits per heavy atom. The Kier molecular flexibility index (Phi) is 3.72. The fourth-order valence-electron chi connectivity index (χ4n) is 2.38. The van der Waals surface area contributed by atoms with Gasteiger partial charge < -0.3 is 10.1 Å². The van der Waals surface area contributed by atoms with Crippen LogP contribution in [0.1, 0.15) is 12.8 Å². The number of rotatable bonds is 3. The van der Waals surface area contributed by atoms with E-state index in [2.05, 4.69) is 5.32 Å². The Hall–Kier alpha value is 0.0700. The van der Waals surface area contributed by atoms with E-state index in [0.717, 1.165) is 19.4 Å². The minimum absolute atomic E-state index is 0. The lowest BCUT2D eigenvalue weighted by Gasteiger charge is -2.07. The number of hydrogen-bond donors (Lipinski definition) is 1. The predicted octanol–water partition coefficient (Wildman–Crippen LogP) is 1.69. The smallest absolute Gasteiger partial charge is 0.258 e. The van der Waals surface area contributed by atoms with Gasteiger partial charge in [0.2, 0.25) is 0 Å². The van der Waals surface area contributed by atoms with Gasteiger partial charge in [-0.2, -0.15) is 0 Å². The van der Waals surface area contributed by atoms with Crippen molar-refractivity contribution in [2.45, 2.75) is 24.8 Å². The van der Waals surface area contributed by atoms with Crippen molar-refractivity contribution >= 4 is 12.4 Å². The summed E-state index contributed by atoms with van der Waals surface area (Å²) < 4.78 is 31.1. The van der Waals surface area contributed by atoms with Gasteiger partial charge in [0.05, 0.1) is 12.5 Å². The van der Waals surface area contributed by atoms with E-state index in [4.69, 9.17) is 4.74 Å². The first-order valence-electron chi connectivity index (χ1n) is 4.78. The number of ether oxygens (including phenoxy) is 1. The second-order valence-electron chi connectivity index (χ2n) is 3.96. The quantitative estimate of drug-likeness (QED) is 0.792. The minimum Gasteiger partial charge on any atom is -0.384 e. The summed E-state index contributed by atoms with van der Waals surface area (Å²) in [6.07, 6.45) is 1.91. The van der Waals surface area contributed by atoms with E-state index in [1.165, 1.54) is 7.11 Å². The SMILES string of the molecule is COCC1C(C2CCCN2)C1(F)F.Cl. The topological polar surface area (TPSA) is 21.3 Å². The van der Waals surface area contributed by atoms with Crippen molar-refractivity contribution in [1.82, 2.24) is 5.32 Å². The summed E-state index contributed by atoms with van der Waals surface area (Å²) in [6.45, 7) is 1.08. The van der Waals surface area contributed by atoms with Gasteiger partial charge in [-0.25, -0.2) is 8.78 Å². The lowest BCUT2D eigenvalue weighted by Crippen LogP contribution is -2.26. The zero-order valence-corrected chi connectivity index (χ0v) is 8.95. The second-order valence-corrected chi connectivity index (χ2v) is 3.96. The Balaban J connectivity index is 0.000000980. The van der Waals surface area contributed by atoms with Gasteiger partial charge in [0, 0.05) is 19.1 Å². The lowest BCUT2D eigenvalue weighted by atomic mass is 10.1. The van der Waals surface area contributed by atoms with Crippen LogP contribution in [0, 0.1) is 11.8 Å². The number of halogens is 3. The van der Waals surface area contributed by atoms with E-state index >= 15 is 0 Å². The van der Waals surface area contributed by atoms with E-state index in [9.17, 15) is 8.78 Å². The highest BCUT2D eigenvalue weighted by atomic mass is 35.5. The molecule has 0 amide bonds. The Bertz CT molecular complexity index is 197. The molecule has 2 fully saturated rings. The molecule has 14 heavy (non-hydrogen) atoms. The van der Waals surface area contributed by atoms with Gasteiger partial charge in [0.1, 0.15) is 0 Å². The molecule has 1 aliphatic carbocycles. The molecule has 1 saturated heterocycles. The van der Waals surface area contributed by atoms with Crippen LogP contribution in [-0.4, -0.2) is 32.2 Å². The molecule has 1 saturated carbocycles. The fraction of sp³-hybridized carbons (Fsp3) is 1.00. The van der Waals surface area contributed by atoms with Crippen molar-refractivity contribution in [3.63, 3.8) is 0 Å². The first-order chi connectivity index (χ1) is 6.18. The molecule has 2 nitrogen and oxygen atoms in total. The van der Waals surface area contributed by atoms with Gasteiger partial charge in [-0.1, -0.05) is 0 Å². The normalized spacial score (nSPS) is 39.2. The van der Waals surface area contributed by atoms with Crippen LogP contribution in [0.15, 0.2) is 0 Å². The standard InChI is InChI=1S/C9H15F2NO.ClH/c1-13-5-6-8(9(6,10)11)7-3-2-4-12-7;/h6-8,12H,2-5H2,1H3;1H. The summed E-state index contributed by atoms with van der Waals surface area (Å²) in [5.74, 6) is -3.51. The minimum atomic E-state index is -2.49. The van der Waals surface area contributed by atoms with Gasteiger partial charge in [-0.15, -0.1) is 12.4 Å². The summed E-state index contributed by atoms with van der Waals surface area (Å²) in [6, 6.07) is 0.0233. The van der Waals surface area contributed by atoms with Gasteiger partial charge in [0.15, 0.2) is 0 Å². The molecule has 2 aliphatic rings. The zero-order chi connectivity index (χ0) is 9.47. The average molecular weight is 228 g/mol. The molecule has 1 heterocycles. The highest BCUT2D eigenvalue weighted by molar-refractivity contribution is 5.85. The van der Waals surface area contributed by atoms with Crippen LogP contribution >= 0.6 is 12.4 Å². The van der Waals surface area contributed by atoms with E-state index in [0.29, 0.717) is 0 Å². The maximum Gasteiger partial charge on any atom is 0.258 e. The molecule has 0 spiro atoms. The third-order valence-electron chi connectivity index (χ3n) is 3.14. The summed E-state index contributed by atoms with van der Waals surface area (Å²) in [5.41, 5.74) is 0. The van der Waals surface area contributed by atoms with Crippen LogP contribution in [0.5, 0.6) is 0 Å². The first kappa shape index (κ1) is 12.1. The molecule has 84 valence electrons. The van der Waals surface area contributed by atoms with Crippen LogP contribution in [0.4, 0.5) is 8.78 Å². The van der Waals surface area contributed by atoms with Gasteiger partial charge in [0.25, 0.3) is 5.92 Å². The summed E-state index contributed by atoms with van der Waals surface area (Å²) >= 11 is 0. The van der Waals surface area contributed by atoms with Crippen molar-refractivity contribution in [3.8, 4) is 0 Å². The Morgan fingerprint density at radius 3 is 2.71 bits per heavy atom. The molecule has 1 aliphatic heterocycles. The molecule has 0 aromatic heterocycles. The van der Waals surface area contributed by atoms with Gasteiger partial charge in [-0.05, 0) is 19.4 Å². The van der Waals surface area contributed by atoms with E-state index < -0.39 is 17.8 Å². The molecule has 1 N–H and O–H groups in total. The summed E-state index contributed by atoms with van der Waals surface area (Å²) in [7, 11) is 1.48. The van der Waals surface area contributed by atoms with Crippen LogP contribution in [0.25, 0.3) is 0 Å². The summed E-state index contributed by atoms with van der Waals surface area (Å²) in [5, 5.41) is 3.13. The van der Waals surface area contributed by atoms with Crippen molar-refractivity contribution in [2.75, 3.05) is 20.3 Å². The molecule has 0 bridgehead atoms. The third kappa shape index (κ3) is 1.88. The van der Waals surface area contributed by atoms with Crippen molar-refractivity contribution < 1.29 is 13.5 Å². The highest BCUT2D eigenvalue weighted by Crippen LogP contribution is 2.58. The maximum absolute atomic E-state index is 13.2. The van der Waals surface area contributed by atoms with E-state index in [1.807, 2.05) is 0 Å². The largest absolute Gasteiger partial charge is 0.384 e. The van der Waals surface area contributed by atoms with Crippen LogP contribution in [-0.2, 0) is 4.74 Å². The maximum atomic E-state index is 13.2. The van der Waals surface area contributed by atoms with Crippen molar-refractivity contribution in [3.05, 3.63) is 0 Å². The monoisotopic (exact) mass is 227 g/mol. The number of hydrogen-bond acceptors (Lipinski definition) is 2. The Morgan fingerprint density at radius 2 is 2.21 bits per heavy atom. The van der Waals surface area contributed by atoms with Crippen LogP contribution in [0.3, 0.4) is 0 Å². The predicted molar refractivity (Wildman–Crippen MR) is 52.1 cm³/mol. The van der Waals surface area contributed by atoms with Gasteiger partial charge in [-0.3, -0.25) is 0 Å². The number of methoxy groups -OCH3 is 1. The highest BCUT2D eigenvalue weighted by Gasteiger charge is 2.70. The molecule has 0 aromatic carbocycles. The molecular formula is C9H16ClF2NO. The van der Waals surface area contributed by atoms with Crippen LogP contribution in [0.2, 0.25) is 0 Å². The molecule has 0 radical (unpaired) electrons. The van der Waals surface area contributed by atoms with E-state index in [1.54, 1.807) is 0 Å². The van der Waals surface area contributed by atoms with Gasteiger partial charge >= 0.3 is 0 Å². The molecule has 2 rings (SSSR count). The average Bonchev–Trinajstić information content (AvgIpc) is 2.56. The molecular weight excluding hydrogens is 212 g/mol. The lowest BCUT2D eigenvalue weighted by molar-refractivity contribution is 0.0609. The fourth-order valence-corrected chi connectivity index (χ4v) is 2.38. The van der Waals surface area contributed by atoms with E-state index in [-0.39, 0.29) is 25.1 Å². The van der Waals surface area contributed by atoms with Crippen molar-refractivity contribution in [2.24, 2.45) is 11.8 Å². The molecule has 3 atom stereocenters. The number of nitrogens with one attached hydrogen (secondary N) is 1. The Labute approximate surface area is 88.8 Å². The summed E-state index contributed by atoms with van der Waals surface area (Å²) in [4.78, 5) is 0. The third-order valence-corrected chi connectivity index (χ3v) is 3.14. The van der Waals surface area contributed by atoms with Crippen molar-refractivity contribution in [1.29, 1.82) is 0 Å². The second kappa shape index (κ2) is 4.29. The number of alkyl halides is 2. The van der Waals surface area contributed by atoms with Crippen LogP contribution < -0.4 is 5.32 Å².